The van der Waals surface area contributed by atoms with Crippen LogP contribution in [0.5, 0.6) is 11.5 Å². The first-order valence-electron chi connectivity index (χ1n) is 7.28. The van der Waals surface area contributed by atoms with Crippen molar-refractivity contribution in [3.63, 3.8) is 0 Å². The highest BCUT2D eigenvalue weighted by atomic mass is 79.9. The van der Waals surface area contributed by atoms with E-state index in [0.717, 1.165) is 15.4 Å². The molecule has 3 aromatic rings. The van der Waals surface area contributed by atoms with Crippen molar-refractivity contribution in [2.45, 2.75) is 6.61 Å². The van der Waals surface area contributed by atoms with Crippen molar-refractivity contribution < 1.29 is 19.0 Å². The van der Waals surface area contributed by atoms with Crippen molar-refractivity contribution in [2.24, 2.45) is 0 Å². The van der Waals surface area contributed by atoms with Crippen LogP contribution in [0.25, 0.3) is 10.9 Å². The zero-order chi connectivity index (χ0) is 17.1. The molecule has 0 aliphatic carbocycles. The van der Waals surface area contributed by atoms with Crippen LogP contribution < -0.4 is 9.47 Å². The number of carbonyl (C=O) groups is 1. The van der Waals surface area contributed by atoms with Crippen LogP contribution in [0.15, 0.2) is 46.9 Å². The van der Waals surface area contributed by atoms with Crippen molar-refractivity contribution in [1.82, 2.24) is 4.98 Å². The molecule has 2 aromatic carbocycles. The Labute approximate surface area is 147 Å². The van der Waals surface area contributed by atoms with Crippen LogP contribution in [0, 0.1) is 0 Å². The summed E-state index contributed by atoms with van der Waals surface area (Å²) in [7, 11) is 2.92. The first-order valence-corrected chi connectivity index (χ1v) is 8.07. The van der Waals surface area contributed by atoms with Gasteiger partial charge in [-0.15, -0.1) is 0 Å². The molecule has 1 aromatic heterocycles. The third-order valence-electron chi connectivity index (χ3n) is 3.63. The number of rotatable bonds is 5. The quantitative estimate of drug-likeness (QED) is 0.660. The molecule has 0 unspecified atom stereocenters. The molecule has 1 heterocycles. The van der Waals surface area contributed by atoms with Gasteiger partial charge < -0.3 is 19.2 Å². The Morgan fingerprint density at radius 1 is 1.17 bits per heavy atom. The number of aromatic amines is 1. The zero-order valence-corrected chi connectivity index (χ0v) is 14.8. The van der Waals surface area contributed by atoms with E-state index in [1.54, 1.807) is 13.2 Å². The average Bonchev–Trinajstić information content (AvgIpc) is 3.07. The van der Waals surface area contributed by atoms with Crippen molar-refractivity contribution in [3.8, 4) is 11.5 Å². The molecule has 0 saturated carbocycles. The zero-order valence-electron chi connectivity index (χ0n) is 13.3. The number of nitrogens with one attached hydrogen (secondary N) is 1. The summed E-state index contributed by atoms with van der Waals surface area (Å²) in [5.74, 6) is 0.685. The third kappa shape index (κ3) is 3.10. The number of H-pyrrole nitrogens is 1. The van der Waals surface area contributed by atoms with E-state index in [1.807, 2.05) is 36.4 Å². The second-order valence-electron chi connectivity index (χ2n) is 5.13. The molecule has 3 rings (SSSR count). The Morgan fingerprint density at radius 3 is 2.58 bits per heavy atom. The summed E-state index contributed by atoms with van der Waals surface area (Å²) < 4.78 is 17.0. The fourth-order valence-electron chi connectivity index (χ4n) is 2.45. The molecule has 0 aliphatic heterocycles. The summed E-state index contributed by atoms with van der Waals surface area (Å²) in [5, 5.41) is 0.819. The number of carbonyl (C=O) groups excluding carboxylic acids is 1. The second-order valence-corrected chi connectivity index (χ2v) is 5.98. The Hall–Kier alpha value is -2.47. The number of benzene rings is 2. The monoisotopic (exact) mass is 389 g/mol. The van der Waals surface area contributed by atoms with Crippen LogP contribution in [0.4, 0.5) is 0 Å². The normalized spacial score (nSPS) is 10.6. The summed E-state index contributed by atoms with van der Waals surface area (Å²) in [6.07, 6.45) is 0. The number of aromatic nitrogens is 1. The van der Waals surface area contributed by atoms with E-state index in [9.17, 15) is 4.79 Å². The van der Waals surface area contributed by atoms with Gasteiger partial charge >= 0.3 is 5.97 Å². The van der Waals surface area contributed by atoms with Gasteiger partial charge in [-0.25, -0.2) is 4.79 Å². The summed E-state index contributed by atoms with van der Waals surface area (Å²) in [6, 6.07) is 13.4. The first-order chi connectivity index (χ1) is 11.6. The fraction of sp³-hybridized carbons (Fsp3) is 0.167. The average molecular weight is 390 g/mol. The van der Waals surface area contributed by atoms with E-state index in [-0.39, 0.29) is 0 Å². The molecule has 0 aliphatic rings. The molecule has 6 heteroatoms. The molecule has 0 radical (unpaired) electrons. The summed E-state index contributed by atoms with van der Waals surface area (Å²) in [5.41, 5.74) is 2.07. The van der Waals surface area contributed by atoms with Crippen LogP contribution >= 0.6 is 15.9 Å². The van der Waals surface area contributed by atoms with Gasteiger partial charge in [0.2, 0.25) is 0 Å². The molecule has 0 fully saturated rings. The molecule has 5 nitrogen and oxygen atoms in total. The standard InChI is InChI=1S/C18H16BrNO4/c1-22-15-9-13(19)12-8-14(18(21)23-2)20-16(12)17(15)24-10-11-6-4-3-5-7-11/h3-9,20H,10H2,1-2H3. The minimum absolute atomic E-state index is 0.353. The number of hydrogen-bond donors (Lipinski definition) is 1. The van der Waals surface area contributed by atoms with Crippen LogP contribution in [0.2, 0.25) is 0 Å². The number of methoxy groups -OCH3 is 2. The third-order valence-corrected chi connectivity index (χ3v) is 4.29. The predicted molar refractivity (Wildman–Crippen MR) is 94.7 cm³/mol. The Kier molecular flexibility index (Phi) is 4.76. The molecule has 0 atom stereocenters. The van der Waals surface area contributed by atoms with E-state index >= 15 is 0 Å². The minimum Gasteiger partial charge on any atom is -0.493 e. The molecule has 24 heavy (non-hydrogen) atoms. The highest BCUT2D eigenvalue weighted by Gasteiger charge is 2.19. The highest BCUT2D eigenvalue weighted by molar-refractivity contribution is 9.10. The molecule has 0 saturated heterocycles. The van der Waals surface area contributed by atoms with Gasteiger partial charge in [0.25, 0.3) is 0 Å². The maximum absolute atomic E-state index is 11.8. The van der Waals surface area contributed by atoms with Crippen LogP contribution in [0.1, 0.15) is 16.1 Å². The summed E-state index contributed by atoms with van der Waals surface area (Å²) >= 11 is 3.50. The Morgan fingerprint density at radius 2 is 1.92 bits per heavy atom. The van der Waals surface area contributed by atoms with Gasteiger partial charge in [-0.05, 0) is 33.6 Å². The van der Waals surface area contributed by atoms with E-state index < -0.39 is 5.97 Å². The van der Waals surface area contributed by atoms with Gasteiger partial charge in [0, 0.05) is 9.86 Å². The largest absolute Gasteiger partial charge is 0.493 e. The number of hydrogen-bond acceptors (Lipinski definition) is 4. The predicted octanol–water partition coefficient (Wildman–Crippen LogP) is 4.30. The van der Waals surface area contributed by atoms with Crippen LogP contribution in [-0.2, 0) is 11.3 Å². The highest BCUT2D eigenvalue weighted by Crippen LogP contribution is 2.40. The molecular formula is C18H16BrNO4. The maximum atomic E-state index is 11.8. The van der Waals surface area contributed by atoms with E-state index in [0.29, 0.717) is 29.3 Å². The number of esters is 1. The van der Waals surface area contributed by atoms with Crippen molar-refractivity contribution >= 4 is 32.8 Å². The lowest BCUT2D eigenvalue weighted by molar-refractivity contribution is 0.0595. The lowest BCUT2D eigenvalue weighted by atomic mass is 10.2. The molecule has 1 N–H and O–H groups in total. The molecule has 0 bridgehead atoms. The van der Waals surface area contributed by atoms with Gasteiger partial charge in [-0.1, -0.05) is 30.3 Å². The SMILES string of the molecule is COC(=O)c1cc2c(Br)cc(OC)c(OCc3ccccc3)c2[nH]1. The summed E-state index contributed by atoms with van der Waals surface area (Å²) in [4.78, 5) is 14.9. The topological polar surface area (TPSA) is 60.6 Å². The molecule has 124 valence electrons. The van der Waals surface area contributed by atoms with Gasteiger partial charge in [0.05, 0.1) is 19.7 Å². The number of fused-ring (bicyclic) bond motifs is 1. The van der Waals surface area contributed by atoms with Gasteiger partial charge in [0.15, 0.2) is 11.5 Å². The Balaban J connectivity index is 2.05. The van der Waals surface area contributed by atoms with Crippen LogP contribution in [0.3, 0.4) is 0 Å². The lowest BCUT2D eigenvalue weighted by Crippen LogP contribution is -2.01. The molecule has 0 amide bonds. The summed E-state index contributed by atoms with van der Waals surface area (Å²) in [6.45, 7) is 0.389. The maximum Gasteiger partial charge on any atom is 0.354 e. The van der Waals surface area contributed by atoms with Gasteiger partial charge in [-0.3, -0.25) is 0 Å². The second kappa shape index (κ2) is 6.97. The lowest BCUT2D eigenvalue weighted by Gasteiger charge is -2.13. The van der Waals surface area contributed by atoms with Gasteiger partial charge in [-0.2, -0.15) is 0 Å². The smallest absolute Gasteiger partial charge is 0.354 e. The first kappa shape index (κ1) is 16.4. The van der Waals surface area contributed by atoms with Crippen LogP contribution in [-0.4, -0.2) is 25.2 Å². The van der Waals surface area contributed by atoms with E-state index in [2.05, 4.69) is 20.9 Å². The van der Waals surface area contributed by atoms with E-state index in [1.165, 1.54) is 7.11 Å². The van der Waals surface area contributed by atoms with Crippen molar-refractivity contribution in [1.29, 1.82) is 0 Å². The van der Waals surface area contributed by atoms with Gasteiger partial charge in [0.1, 0.15) is 12.3 Å². The molecule has 0 spiro atoms. The van der Waals surface area contributed by atoms with E-state index in [4.69, 9.17) is 14.2 Å². The number of ether oxygens (including phenoxy) is 3. The van der Waals surface area contributed by atoms with Crippen molar-refractivity contribution in [2.75, 3.05) is 14.2 Å². The number of halogens is 1. The van der Waals surface area contributed by atoms with Crippen molar-refractivity contribution in [3.05, 3.63) is 58.2 Å². The molecular weight excluding hydrogens is 374 g/mol. The Bertz CT molecular complexity index is 874. The fourth-order valence-corrected chi connectivity index (χ4v) is 2.97. The minimum atomic E-state index is -0.439.